The molecular weight excluding hydrogens is 540 g/mol. The lowest BCUT2D eigenvalue weighted by atomic mass is 9.63. The van der Waals surface area contributed by atoms with E-state index in [0.717, 1.165) is 83.3 Å². The average Bonchev–Trinajstić information content (AvgIpc) is 2.95. The topological polar surface area (TPSA) is 68.3 Å². The van der Waals surface area contributed by atoms with Gasteiger partial charge in [0, 0.05) is 72.2 Å². The number of hydrogen-bond acceptors (Lipinski definition) is 7. The van der Waals surface area contributed by atoms with Crippen molar-refractivity contribution in [3.63, 3.8) is 0 Å². The van der Waals surface area contributed by atoms with Gasteiger partial charge in [0.25, 0.3) is 0 Å². The van der Waals surface area contributed by atoms with Crippen LogP contribution in [0.15, 0.2) is 65.0 Å². The Kier molecular flexibility index (Phi) is 7.76. The molecule has 2 aromatic rings. The molecule has 2 heterocycles. The van der Waals surface area contributed by atoms with Crippen molar-refractivity contribution in [2.45, 2.75) is 65.8 Å². The molecule has 228 valence electrons. The molecule has 0 bridgehead atoms. The second-order valence-electron chi connectivity index (χ2n) is 14.0. The summed E-state index contributed by atoms with van der Waals surface area (Å²) in [5.41, 5.74) is 6.19. The fourth-order valence-electron chi connectivity index (χ4n) is 7.44. The monoisotopic (exact) mass is 584 g/mol. The third-order valence-corrected chi connectivity index (χ3v) is 9.38. The van der Waals surface area contributed by atoms with E-state index in [1.54, 1.807) is 14.2 Å². The molecule has 1 fully saturated rings. The molecule has 0 radical (unpaired) electrons. The van der Waals surface area contributed by atoms with E-state index in [1.807, 2.05) is 30.3 Å². The average molecular weight is 585 g/mol. The van der Waals surface area contributed by atoms with Gasteiger partial charge in [-0.2, -0.15) is 0 Å². The molecular formula is C36H44N2O5. The summed E-state index contributed by atoms with van der Waals surface area (Å²) in [6.45, 7) is 12.6. The van der Waals surface area contributed by atoms with Crippen LogP contribution < -0.4 is 14.4 Å². The SMILES string of the molecule is COc1ccc(N2C3=C(C(=O)CC(C)(C)C3)C(c3ccc(OC)c(CN4CCOCC4)c3)C3=C2CC(C)(C)CC3=O)cc1. The van der Waals surface area contributed by atoms with Crippen LogP contribution in [-0.2, 0) is 20.9 Å². The standard InChI is InChI=1S/C36H44N2O5/c1-35(2)18-27-33(29(39)20-35)32(23-7-12-31(42-6)24(17-23)22-37-13-15-43-16-14-37)34-28(19-36(3,4)21-30(34)40)38(27)25-8-10-26(41-5)11-9-25/h7-12,17,32H,13-16,18-22H2,1-6H3. The highest BCUT2D eigenvalue weighted by molar-refractivity contribution is 6.08. The van der Waals surface area contributed by atoms with Crippen LogP contribution >= 0.6 is 0 Å². The van der Waals surface area contributed by atoms with Gasteiger partial charge in [0.05, 0.1) is 27.4 Å². The summed E-state index contributed by atoms with van der Waals surface area (Å²) in [7, 11) is 3.36. The van der Waals surface area contributed by atoms with E-state index in [-0.39, 0.29) is 22.4 Å². The van der Waals surface area contributed by atoms with Crippen LogP contribution in [0.3, 0.4) is 0 Å². The number of ether oxygens (including phenoxy) is 3. The van der Waals surface area contributed by atoms with Crippen molar-refractivity contribution in [3.05, 3.63) is 76.1 Å². The lowest BCUT2D eigenvalue weighted by molar-refractivity contribution is -0.119. The number of methoxy groups -OCH3 is 2. The Labute approximate surface area is 255 Å². The van der Waals surface area contributed by atoms with Gasteiger partial charge in [-0.15, -0.1) is 0 Å². The molecule has 0 spiro atoms. The molecule has 4 aliphatic rings. The number of carbonyl (C=O) groups is 2. The first-order chi connectivity index (χ1) is 20.5. The molecule has 2 aliphatic heterocycles. The Morgan fingerprint density at radius 1 is 0.791 bits per heavy atom. The highest BCUT2D eigenvalue weighted by atomic mass is 16.5. The van der Waals surface area contributed by atoms with Crippen LogP contribution in [0.4, 0.5) is 5.69 Å². The third-order valence-electron chi connectivity index (χ3n) is 9.38. The number of Topliss-reactive ketones (excluding diaryl/α,β-unsaturated/α-hetero) is 2. The van der Waals surface area contributed by atoms with E-state index in [1.165, 1.54) is 0 Å². The number of benzene rings is 2. The quantitative estimate of drug-likeness (QED) is 0.388. The predicted molar refractivity (Wildman–Crippen MR) is 167 cm³/mol. The van der Waals surface area contributed by atoms with Crippen LogP contribution in [0, 0.1) is 10.8 Å². The highest BCUT2D eigenvalue weighted by Crippen LogP contribution is 2.55. The second-order valence-corrected chi connectivity index (χ2v) is 14.0. The first-order valence-corrected chi connectivity index (χ1v) is 15.4. The summed E-state index contributed by atoms with van der Waals surface area (Å²) in [5, 5.41) is 0. The van der Waals surface area contributed by atoms with E-state index in [2.05, 4.69) is 49.6 Å². The van der Waals surface area contributed by atoms with Crippen LogP contribution in [0.2, 0.25) is 0 Å². The summed E-state index contributed by atoms with van der Waals surface area (Å²) < 4.78 is 16.8. The first-order valence-electron chi connectivity index (χ1n) is 15.4. The zero-order valence-corrected chi connectivity index (χ0v) is 26.4. The number of allylic oxidation sites excluding steroid dienone is 4. The molecule has 43 heavy (non-hydrogen) atoms. The van der Waals surface area contributed by atoms with E-state index in [0.29, 0.717) is 26.1 Å². The minimum Gasteiger partial charge on any atom is -0.497 e. The van der Waals surface area contributed by atoms with Gasteiger partial charge >= 0.3 is 0 Å². The summed E-state index contributed by atoms with van der Waals surface area (Å²) >= 11 is 0. The van der Waals surface area contributed by atoms with E-state index in [9.17, 15) is 9.59 Å². The van der Waals surface area contributed by atoms with E-state index < -0.39 is 5.92 Å². The molecule has 7 nitrogen and oxygen atoms in total. The maximum atomic E-state index is 14.3. The smallest absolute Gasteiger partial charge is 0.162 e. The Balaban J connectivity index is 1.56. The van der Waals surface area contributed by atoms with Crippen molar-refractivity contribution in [1.82, 2.24) is 4.90 Å². The molecule has 0 unspecified atom stereocenters. The number of hydrogen-bond donors (Lipinski definition) is 0. The normalized spacial score (nSPS) is 22.4. The van der Waals surface area contributed by atoms with Gasteiger partial charge in [0.2, 0.25) is 0 Å². The number of morpholine rings is 1. The van der Waals surface area contributed by atoms with Gasteiger partial charge in [0.1, 0.15) is 11.5 Å². The van der Waals surface area contributed by atoms with Gasteiger partial charge in [-0.3, -0.25) is 14.5 Å². The molecule has 0 saturated carbocycles. The number of anilines is 1. The summed E-state index contributed by atoms with van der Waals surface area (Å²) in [6.07, 6.45) is 2.41. The second kappa shape index (κ2) is 11.3. The Bertz CT molecular complexity index is 1440. The van der Waals surface area contributed by atoms with Crippen LogP contribution in [0.25, 0.3) is 0 Å². The molecule has 7 heteroatoms. The molecule has 0 aromatic heterocycles. The first kappa shape index (κ1) is 29.6. The zero-order chi connectivity index (χ0) is 30.5. The maximum Gasteiger partial charge on any atom is 0.162 e. The molecule has 2 aliphatic carbocycles. The maximum absolute atomic E-state index is 14.3. The van der Waals surface area contributed by atoms with Gasteiger partial charge < -0.3 is 19.1 Å². The highest BCUT2D eigenvalue weighted by Gasteiger charge is 2.49. The fourth-order valence-corrected chi connectivity index (χ4v) is 7.44. The lowest BCUT2D eigenvalue weighted by Gasteiger charge is -2.49. The van der Waals surface area contributed by atoms with E-state index in [4.69, 9.17) is 14.2 Å². The van der Waals surface area contributed by atoms with E-state index >= 15 is 0 Å². The van der Waals surface area contributed by atoms with Gasteiger partial charge in [-0.1, -0.05) is 33.8 Å². The van der Waals surface area contributed by atoms with Crippen LogP contribution in [0.5, 0.6) is 11.5 Å². The molecule has 0 N–H and O–H groups in total. The Morgan fingerprint density at radius 3 is 1.91 bits per heavy atom. The third kappa shape index (κ3) is 5.65. The number of nitrogens with zero attached hydrogens (tertiary/aromatic N) is 2. The minimum absolute atomic E-state index is 0.129. The molecule has 6 rings (SSSR count). The Morgan fingerprint density at radius 2 is 1.37 bits per heavy atom. The summed E-state index contributed by atoms with van der Waals surface area (Å²) in [6, 6.07) is 14.2. The van der Waals surface area contributed by atoms with Gasteiger partial charge in [0.15, 0.2) is 11.6 Å². The summed E-state index contributed by atoms with van der Waals surface area (Å²) in [4.78, 5) is 33.1. The number of rotatable bonds is 6. The largest absolute Gasteiger partial charge is 0.497 e. The van der Waals surface area contributed by atoms with Crippen LogP contribution in [-0.4, -0.2) is 57.0 Å². The van der Waals surface area contributed by atoms with Crippen molar-refractivity contribution in [2.75, 3.05) is 45.4 Å². The van der Waals surface area contributed by atoms with Crippen molar-refractivity contribution >= 4 is 17.3 Å². The zero-order valence-electron chi connectivity index (χ0n) is 26.4. The summed E-state index contributed by atoms with van der Waals surface area (Å²) in [5.74, 6) is 1.45. The van der Waals surface area contributed by atoms with Gasteiger partial charge in [-0.25, -0.2) is 0 Å². The van der Waals surface area contributed by atoms with Crippen LogP contribution in [0.1, 0.15) is 70.4 Å². The minimum atomic E-state index is -0.402. The van der Waals surface area contributed by atoms with Crippen molar-refractivity contribution in [1.29, 1.82) is 0 Å². The predicted octanol–water partition coefficient (Wildman–Crippen LogP) is 6.43. The fraction of sp³-hybridized carbons (Fsp3) is 0.500. The van der Waals surface area contributed by atoms with Crippen molar-refractivity contribution < 1.29 is 23.8 Å². The molecule has 1 saturated heterocycles. The Hall–Kier alpha value is -3.42. The molecule has 2 aromatic carbocycles. The van der Waals surface area contributed by atoms with Crippen molar-refractivity contribution in [3.8, 4) is 11.5 Å². The van der Waals surface area contributed by atoms with Crippen molar-refractivity contribution in [2.24, 2.45) is 10.8 Å². The lowest BCUT2D eigenvalue weighted by Crippen LogP contribution is -2.44. The van der Waals surface area contributed by atoms with Gasteiger partial charge in [-0.05, 0) is 65.6 Å². The molecule has 0 atom stereocenters. The molecule has 0 amide bonds. The number of ketones is 2. The number of carbonyl (C=O) groups excluding carboxylic acids is 2.